The second-order valence-corrected chi connectivity index (χ2v) is 13.4. The van der Waals surface area contributed by atoms with Crippen molar-refractivity contribution in [3.63, 3.8) is 0 Å². The van der Waals surface area contributed by atoms with Gasteiger partial charge in [-0.05, 0) is 146 Å². The monoisotopic (exact) mass is 672 g/mol. The minimum absolute atomic E-state index is 0.728. The molecule has 0 heterocycles. The SMILES string of the molecule is CCCCCCCc1ccc(N=Cc2ccc(OCCCCCCOc3ccc(C=Nc4ccc(CCCCCCC)cc4)cc3)cc2)cc1. The van der Waals surface area contributed by atoms with Crippen molar-refractivity contribution >= 4 is 23.8 Å². The molecule has 0 aromatic heterocycles. The molecule has 266 valence electrons. The van der Waals surface area contributed by atoms with Gasteiger partial charge >= 0.3 is 0 Å². The lowest BCUT2D eigenvalue weighted by molar-refractivity contribution is 0.287. The van der Waals surface area contributed by atoms with Crippen LogP contribution >= 0.6 is 0 Å². The number of hydrogen-bond donors (Lipinski definition) is 0. The number of aryl methyl sites for hydroxylation is 2. The van der Waals surface area contributed by atoms with E-state index in [1.807, 2.05) is 36.7 Å². The number of unbranched alkanes of at least 4 members (excludes halogenated alkanes) is 11. The van der Waals surface area contributed by atoms with Crippen LogP contribution in [0.5, 0.6) is 11.5 Å². The molecule has 0 atom stereocenters. The quantitative estimate of drug-likeness (QED) is 0.0519. The summed E-state index contributed by atoms with van der Waals surface area (Å²) in [5.74, 6) is 1.81. The minimum atomic E-state index is 0.728. The highest BCUT2D eigenvalue weighted by molar-refractivity contribution is 5.82. The molecule has 0 bridgehead atoms. The summed E-state index contributed by atoms with van der Waals surface area (Å²) in [5.41, 5.74) is 6.93. The van der Waals surface area contributed by atoms with Crippen LogP contribution in [0.3, 0.4) is 0 Å². The molecule has 0 aliphatic rings. The zero-order valence-electron chi connectivity index (χ0n) is 30.8. The molecule has 4 nitrogen and oxygen atoms in total. The summed E-state index contributed by atoms with van der Waals surface area (Å²) >= 11 is 0. The van der Waals surface area contributed by atoms with Gasteiger partial charge in [0.15, 0.2) is 0 Å². The molecule has 4 aromatic carbocycles. The largest absolute Gasteiger partial charge is 0.494 e. The third kappa shape index (κ3) is 16.0. The van der Waals surface area contributed by atoms with Crippen molar-refractivity contribution in [1.82, 2.24) is 0 Å². The van der Waals surface area contributed by atoms with Gasteiger partial charge in [0, 0.05) is 12.4 Å². The molecule has 0 amide bonds. The molecule has 0 aliphatic heterocycles. The van der Waals surface area contributed by atoms with Crippen LogP contribution in [0.25, 0.3) is 0 Å². The van der Waals surface area contributed by atoms with Crippen molar-refractivity contribution in [3.8, 4) is 11.5 Å². The molecular formula is C46H60N2O2. The topological polar surface area (TPSA) is 43.2 Å². The van der Waals surface area contributed by atoms with E-state index in [9.17, 15) is 0 Å². The second-order valence-electron chi connectivity index (χ2n) is 13.4. The molecule has 4 rings (SSSR count). The van der Waals surface area contributed by atoms with E-state index in [0.29, 0.717) is 0 Å². The van der Waals surface area contributed by atoms with Gasteiger partial charge in [-0.1, -0.05) is 89.5 Å². The standard InChI is InChI=1S/C46H60N2O2/c1-3-5-7-9-13-17-39-19-27-43(28-20-39)47-37-41-23-31-45(32-24-41)49-35-15-11-12-16-36-50-46-33-25-42(26-34-46)38-48-44-29-21-40(22-30-44)18-14-10-8-6-4-2/h19-34,37-38H,3-18,35-36H2,1-2H3. The van der Waals surface area contributed by atoms with E-state index in [0.717, 1.165) is 85.7 Å². The van der Waals surface area contributed by atoms with Crippen molar-refractivity contribution in [2.24, 2.45) is 9.98 Å². The molecule has 0 saturated heterocycles. The number of rotatable bonds is 25. The number of benzene rings is 4. The molecule has 0 unspecified atom stereocenters. The van der Waals surface area contributed by atoms with Crippen molar-refractivity contribution < 1.29 is 9.47 Å². The van der Waals surface area contributed by atoms with Crippen molar-refractivity contribution in [1.29, 1.82) is 0 Å². The summed E-state index contributed by atoms with van der Waals surface area (Å²) in [4.78, 5) is 9.30. The fourth-order valence-electron chi connectivity index (χ4n) is 5.90. The van der Waals surface area contributed by atoms with E-state index in [1.54, 1.807) is 0 Å². The van der Waals surface area contributed by atoms with Gasteiger partial charge in [-0.25, -0.2) is 0 Å². The van der Waals surface area contributed by atoms with Gasteiger partial charge in [0.2, 0.25) is 0 Å². The second kappa shape index (κ2) is 24.1. The zero-order valence-corrected chi connectivity index (χ0v) is 30.8. The van der Waals surface area contributed by atoms with Gasteiger partial charge < -0.3 is 9.47 Å². The molecule has 0 N–H and O–H groups in total. The Morgan fingerprint density at radius 3 is 1.14 bits per heavy atom. The Balaban J connectivity index is 1.02. The molecule has 0 fully saturated rings. The first-order valence-corrected chi connectivity index (χ1v) is 19.4. The van der Waals surface area contributed by atoms with Crippen molar-refractivity contribution in [2.45, 2.75) is 117 Å². The van der Waals surface area contributed by atoms with Crippen LogP contribution in [0.15, 0.2) is 107 Å². The highest BCUT2D eigenvalue weighted by atomic mass is 16.5. The van der Waals surface area contributed by atoms with Crippen LogP contribution in [0.2, 0.25) is 0 Å². The van der Waals surface area contributed by atoms with Crippen LogP contribution in [-0.2, 0) is 12.8 Å². The normalized spacial score (nSPS) is 11.5. The summed E-state index contributed by atoms with van der Waals surface area (Å²) in [7, 11) is 0. The van der Waals surface area contributed by atoms with E-state index in [-0.39, 0.29) is 0 Å². The first-order valence-electron chi connectivity index (χ1n) is 19.4. The third-order valence-corrected chi connectivity index (χ3v) is 9.07. The smallest absolute Gasteiger partial charge is 0.119 e. The maximum atomic E-state index is 5.97. The van der Waals surface area contributed by atoms with E-state index in [1.165, 1.54) is 75.3 Å². The maximum absolute atomic E-state index is 5.97. The lowest BCUT2D eigenvalue weighted by atomic mass is 10.1. The molecule has 4 heteroatoms. The van der Waals surface area contributed by atoms with E-state index in [4.69, 9.17) is 9.47 Å². The van der Waals surface area contributed by atoms with E-state index < -0.39 is 0 Å². The summed E-state index contributed by atoms with van der Waals surface area (Å²) in [5, 5.41) is 0. The van der Waals surface area contributed by atoms with Gasteiger partial charge in [0.05, 0.1) is 24.6 Å². The highest BCUT2D eigenvalue weighted by Gasteiger charge is 2.00. The number of ether oxygens (including phenoxy) is 2. The predicted molar refractivity (Wildman–Crippen MR) is 215 cm³/mol. The Morgan fingerprint density at radius 1 is 0.400 bits per heavy atom. The summed E-state index contributed by atoms with van der Waals surface area (Å²) < 4.78 is 11.9. The summed E-state index contributed by atoms with van der Waals surface area (Å²) in [6.07, 6.45) is 23.7. The molecule has 50 heavy (non-hydrogen) atoms. The van der Waals surface area contributed by atoms with Crippen LogP contribution in [-0.4, -0.2) is 25.6 Å². The molecule has 0 aliphatic carbocycles. The third-order valence-electron chi connectivity index (χ3n) is 9.07. The molecular weight excluding hydrogens is 613 g/mol. The first kappa shape index (κ1) is 38.6. The van der Waals surface area contributed by atoms with E-state index >= 15 is 0 Å². The molecule has 0 spiro atoms. The molecule has 0 radical (unpaired) electrons. The van der Waals surface area contributed by atoms with Gasteiger partial charge in [-0.3, -0.25) is 9.98 Å². The molecule has 0 saturated carbocycles. The Kier molecular flexibility index (Phi) is 18.6. The number of aliphatic imine (C=N–C) groups is 2. The average molecular weight is 673 g/mol. The highest BCUT2D eigenvalue weighted by Crippen LogP contribution is 2.19. The average Bonchev–Trinajstić information content (AvgIpc) is 3.16. The van der Waals surface area contributed by atoms with Gasteiger partial charge in [0.25, 0.3) is 0 Å². The summed E-state index contributed by atoms with van der Waals surface area (Å²) in [6.45, 7) is 5.98. The number of nitrogens with zero attached hydrogens (tertiary/aromatic N) is 2. The van der Waals surface area contributed by atoms with Gasteiger partial charge in [-0.15, -0.1) is 0 Å². The van der Waals surface area contributed by atoms with Crippen LogP contribution < -0.4 is 9.47 Å². The fourth-order valence-corrected chi connectivity index (χ4v) is 5.90. The van der Waals surface area contributed by atoms with Crippen LogP contribution in [0, 0.1) is 0 Å². The number of hydrogen-bond acceptors (Lipinski definition) is 4. The Morgan fingerprint density at radius 2 is 0.760 bits per heavy atom. The fraction of sp³-hybridized carbons (Fsp3) is 0.435. The maximum Gasteiger partial charge on any atom is 0.119 e. The lowest BCUT2D eigenvalue weighted by Gasteiger charge is -2.08. The lowest BCUT2D eigenvalue weighted by Crippen LogP contribution is -2.00. The summed E-state index contributed by atoms with van der Waals surface area (Å²) in [6, 6.07) is 33.7. The van der Waals surface area contributed by atoms with E-state index in [2.05, 4.69) is 96.6 Å². The zero-order chi connectivity index (χ0) is 34.9. The van der Waals surface area contributed by atoms with Crippen molar-refractivity contribution in [2.75, 3.05) is 13.2 Å². The van der Waals surface area contributed by atoms with Crippen LogP contribution in [0.1, 0.15) is 126 Å². The van der Waals surface area contributed by atoms with Crippen LogP contribution in [0.4, 0.5) is 11.4 Å². The molecule has 4 aromatic rings. The van der Waals surface area contributed by atoms with Crippen molar-refractivity contribution in [3.05, 3.63) is 119 Å². The Labute approximate surface area is 303 Å². The first-order chi connectivity index (χ1) is 24.7. The Hall–Kier alpha value is -4.18. The predicted octanol–water partition coefficient (Wildman–Crippen LogP) is 13.2. The minimum Gasteiger partial charge on any atom is -0.494 e. The van der Waals surface area contributed by atoms with Gasteiger partial charge in [-0.2, -0.15) is 0 Å². The van der Waals surface area contributed by atoms with Gasteiger partial charge in [0.1, 0.15) is 11.5 Å². The Bertz CT molecular complexity index is 1370.